The van der Waals surface area contributed by atoms with Gasteiger partial charge in [-0.2, -0.15) is 0 Å². The zero-order valence-corrected chi connectivity index (χ0v) is 36.6. The molecular weight excluding hydrogens is 763 g/mol. The molecule has 7 rings (SSSR count). The quantitative estimate of drug-likeness (QED) is 0.142. The van der Waals surface area contributed by atoms with Crippen molar-refractivity contribution in [2.75, 3.05) is 0 Å². The van der Waals surface area contributed by atoms with E-state index in [4.69, 9.17) is 9.31 Å². The van der Waals surface area contributed by atoms with Crippen LogP contribution in [0.4, 0.5) is 0 Å². The first-order valence-corrected chi connectivity index (χ1v) is 20.1. The molecule has 1 fully saturated rings. The summed E-state index contributed by atoms with van der Waals surface area (Å²) >= 11 is 3.51. The zero-order chi connectivity index (χ0) is 41.6. The number of carbonyl (C=O) groups is 4. The molecule has 294 valence electrons. The Kier molecular flexibility index (Phi) is 11.9. The van der Waals surface area contributed by atoms with Gasteiger partial charge in [0, 0.05) is 26.8 Å². The normalized spacial score (nSPS) is 20.9. The molecule has 0 radical (unpaired) electrons. The van der Waals surface area contributed by atoms with Crippen molar-refractivity contribution in [1.82, 2.24) is 0 Å². The van der Waals surface area contributed by atoms with Gasteiger partial charge in [-0.1, -0.05) is 144 Å². The van der Waals surface area contributed by atoms with Crippen molar-refractivity contribution < 1.29 is 28.5 Å². The maximum absolute atomic E-state index is 11.9. The summed E-state index contributed by atoms with van der Waals surface area (Å²) in [4.78, 5) is 46.1. The van der Waals surface area contributed by atoms with Gasteiger partial charge in [-0.3, -0.25) is 19.2 Å². The van der Waals surface area contributed by atoms with Crippen LogP contribution in [0.25, 0.3) is 27.1 Å². The summed E-state index contributed by atoms with van der Waals surface area (Å²) in [5, 5.41) is 3.96. The molecule has 0 atom stereocenters. The molecule has 56 heavy (non-hydrogen) atoms. The van der Waals surface area contributed by atoms with E-state index in [1.165, 1.54) is 0 Å². The summed E-state index contributed by atoms with van der Waals surface area (Å²) in [6, 6.07) is 23.7. The van der Waals surface area contributed by atoms with E-state index in [0.717, 1.165) is 91.8 Å². The maximum atomic E-state index is 11.9. The highest BCUT2D eigenvalue weighted by atomic mass is 79.9. The Morgan fingerprint density at radius 1 is 0.518 bits per heavy atom. The molecule has 1 heterocycles. The van der Waals surface area contributed by atoms with Gasteiger partial charge in [0.15, 0.2) is 6.29 Å². The summed E-state index contributed by atoms with van der Waals surface area (Å²) in [6.07, 6.45) is 5.72. The Labute approximate surface area is 341 Å². The lowest BCUT2D eigenvalue weighted by Crippen LogP contribution is -2.41. The van der Waals surface area contributed by atoms with Gasteiger partial charge in [0.2, 0.25) is 0 Å². The highest BCUT2D eigenvalue weighted by molar-refractivity contribution is 9.11. The summed E-state index contributed by atoms with van der Waals surface area (Å²) in [6.45, 7) is 25.1. The maximum Gasteiger partial charge on any atom is 0.495 e. The standard InChI is InChI=1S/C21H22O2.C17H19BO3.C10H15BrO/c1-20(2)13-21(3,4)19(18(20)12-23)16-10-9-14-7-5-6-8-15(14)17(16)11-22;1-16(2)17(3,4)21-18(20-16)15-10-9-12-7-5-6-8-13(12)14(15)11-19;1-9(2)6-10(3,4)8(11)7(9)5-12/h5-12H,13H2,1-4H3;5-11H,1-4H3;5H,6H2,1-4H3. The Morgan fingerprint density at radius 3 is 1.41 bits per heavy atom. The fourth-order valence-corrected chi connectivity index (χ4v) is 9.90. The number of rotatable bonds is 6. The number of allylic oxidation sites excluding steroid dienone is 4. The fraction of sp³-hybridized carbons (Fsp3) is 0.417. The smallest absolute Gasteiger partial charge is 0.399 e. The second kappa shape index (κ2) is 15.4. The highest BCUT2D eigenvalue weighted by Crippen LogP contribution is 2.57. The van der Waals surface area contributed by atoms with Gasteiger partial charge in [-0.15, -0.1) is 0 Å². The molecule has 0 spiro atoms. The monoisotopic (exact) mass is 818 g/mol. The van der Waals surface area contributed by atoms with Crippen molar-refractivity contribution in [2.45, 2.75) is 107 Å². The van der Waals surface area contributed by atoms with E-state index in [-0.39, 0.29) is 21.7 Å². The van der Waals surface area contributed by atoms with E-state index in [1.807, 2.05) is 100 Å². The van der Waals surface area contributed by atoms with E-state index in [9.17, 15) is 19.2 Å². The van der Waals surface area contributed by atoms with Crippen LogP contribution in [0.5, 0.6) is 0 Å². The van der Waals surface area contributed by atoms with Crippen molar-refractivity contribution in [3.8, 4) is 0 Å². The number of halogens is 1. The zero-order valence-electron chi connectivity index (χ0n) is 35.1. The first-order valence-electron chi connectivity index (χ1n) is 19.3. The fourth-order valence-electron chi connectivity index (χ4n) is 9.13. The van der Waals surface area contributed by atoms with Gasteiger partial charge in [0.05, 0.1) is 11.2 Å². The minimum absolute atomic E-state index is 0.0318. The van der Waals surface area contributed by atoms with Crippen molar-refractivity contribution in [3.63, 3.8) is 0 Å². The molecule has 0 amide bonds. The van der Waals surface area contributed by atoms with Crippen LogP contribution in [0, 0.1) is 21.7 Å². The third kappa shape index (κ3) is 7.94. The SMILES string of the molecule is CC1(C)CC(C)(C)C(C=O)=C1Br.CC1(C)CC(C)(C)C(c2ccc3ccccc3c2C=O)=C1C=O.CC1(C)OB(c2ccc3ccccc3c2C=O)OC1(C)C. The molecule has 2 aliphatic carbocycles. The van der Waals surface area contributed by atoms with Crippen LogP contribution in [0.2, 0.25) is 0 Å². The second-order valence-electron chi connectivity index (χ2n) is 19.0. The van der Waals surface area contributed by atoms with Gasteiger partial charge < -0.3 is 9.31 Å². The number of aldehydes is 4. The second-order valence-corrected chi connectivity index (χ2v) is 19.8. The van der Waals surface area contributed by atoms with Crippen LogP contribution in [-0.4, -0.2) is 43.5 Å². The van der Waals surface area contributed by atoms with Crippen molar-refractivity contribution in [3.05, 3.63) is 105 Å². The molecule has 3 aliphatic rings. The van der Waals surface area contributed by atoms with Gasteiger partial charge in [0.25, 0.3) is 0 Å². The molecule has 6 nitrogen and oxygen atoms in total. The van der Waals surface area contributed by atoms with Crippen LogP contribution in [0.1, 0.15) is 122 Å². The summed E-state index contributed by atoms with van der Waals surface area (Å²) in [5.74, 6) is 0. The van der Waals surface area contributed by atoms with Crippen molar-refractivity contribution in [1.29, 1.82) is 0 Å². The molecule has 4 aromatic carbocycles. The minimum Gasteiger partial charge on any atom is -0.399 e. The number of hydrogen-bond donors (Lipinski definition) is 0. The number of carbonyl (C=O) groups excluding carboxylic acids is 4. The van der Waals surface area contributed by atoms with E-state index in [0.29, 0.717) is 11.1 Å². The summed E-state index contributed by atoms with van der Waals surface area (Å²) < 4.78 is 13.2. The van der Waals surface area contributed by atoms with Crippen LogP contribution in [-0.2, 0) is 18.9 Å². The first kappa shape index (κ1) is 43.2. The third-order valence-corrected chi connectivity index (χ3v) is 13.7. The highest BCUT2D eigenvalue weighted by Gasteiger charge is 2.52. The number of fused-ring (bicyclic) bond motifs is 2. The molecule has 8 heteroatoms. The molecule has 1 saturated heterocycles. The first-order chi connectivity index (χ1) is 26.0. The molecule has 0 aromatic heterocycles. The summed E-state index contributed by atoms with van der Waals surface area (Å²) in [7, 11) is -0.514. The van der Waals surface area contributed by atoms with Gasteiger partial charge in [-0.25, -0.2) is 0 Å². The van der Waals surface area contributed by atoms with E-state index in [1.54, 1.807) is 0 Å². The predicted octanol–water partition coefficient (Wildman–Crippen LogP) is 11.3. The van der Waals surface area contributed by atoms with E-state index >= 15 is 0 Å². The van der Waals surface area contributed by atoms with Gasteiger partial charge >= 0.3 is 7.12 Å². The lowest BCUT2D eigenvalue weighted by molar-refractivity contribution is -0.106. The Morgan fingerprint density at radius 2 is 0.964 bits per heavy atom. The molecule has 0 saturated carbocycles. The Balaban J connectivity index is 0.000000169. The van der Waals surface area contributed by atoms with Gasteiger partial charge in [-0.05, 0) is 100 Å². The van der Waals surface area contributed by atoms with E-state index < -0.39 is 18.3 Å². The van der Waals surface area contributed by atoms with Crippen LogP contribution >= 0.6 is 15.9 Å². The third-order valence-electron chi connectivity index (χ3n) is 12.2. The molecule has 1 aliphatic heterocycles. The lowest BCUT2D eigenvalue weighted by Gasteiger charge is -2.32. The number of benzene rings is 4. The molecule has 0 bridgehead atoms. The lowest BCUT2D eigenvalue weighted by atomic mass is 9.75. The topological polar surface area (TPSA) is 86.7 Å². The minimum atomic E-state index is -0.514. The predicted molar refractivity (Wildman–Crippen MR) is 234 cm³/mol. The Hall–Kier alpha value is -3.98. The van der Waals surface area contributed by atoms with Crippen LogP contribution < -0.4 is 5.46 Å². The number of hydrogen-bond acceptors (Lipinski definition) is 6. The van der Waals surface area contributed by atoms with Crippen LogP contribution in [0.15, 0.2) is 88.4 Å². The molecular formula is C48H56BBrO6. The molecule has 4 aromatic rings. The summed E-state index contributed by atoms with van der Waals surface area (Å²) in [5.41, 5.74) is 4.80. The van der Waals surface area contributed by atoms with Gasteiger partial charge in [0.1, 0.15) is 18.9 Å². The van der Waals surface area contributed by atoms with Crippen molar-refractivity contribution in [2.24, 2.45) is 21.7 Å². The average molecular weight is 820 g/mol. The van der Waals surface area contributed by atoms with Crippen LogP contribution in [0.3, 0.4) is 0 Å². The van der Waals surface area contributed by atoms with Crippen molar-refractivity contribution >= 4 is 80.8 Å². The molecule has 0 unspecified atom stereocenters. The van der Waals surface area contributed by atoms with E-state index in [2.05, 4.69) is 71.3 Å². The largest absolute Gasteiger partial charge is 0.495 e. The average Bonchev–Trinajstić information content (AvgIpc) is 3.54. The Bertz CT molecular complexity index is 2260. The molecule has 0 N–H and O–H groups in total.